The highest BCUT2D eigenvalue weighted by atomic mass is 16.5. The number of anilines is 1. The summed E-state index contributed by atoms with van der Waals surface area (Å²) in [6, 6.07) is 11.5. The van der Waals surface area contributed by atoms with Gasteiger partial charge < -0.3 is 14.8 Å². The number of nitrogens with zero attached hydrogens (tertiary/aromatic N) is 2. The van der Waals surface area contributed by atoms with Gasteiger partial charge in [-0.2, -0.15) is 0 Å². The number of aromatic nitrogens is 2. The molecule has 2 heterocycles. The first-order valence-electron chi connectivity index (χ1n) is 10.2. The number of hydrogen-bond donors (Lipinski definition) is 1. The number of rotatable bonds is 5. The van der Waals surface area contributed by atoms with Crippen LogP contribution in [0.4, 0.5) is 5.69 Å². The summed E-state index contributed by atoms with van der Waals surface area (Å²) >= 11 is 0. The van der Waals surface area contributed by atoms with Crippen molar-refractivity contribution >= 4 is 28.5 Å². The van der Waals surface area contributed by atoms with E-state index in [4.69, 9.17) is 9.47 Å². The number of methoxy groups -OCH3 is 1. The number of esters is 1. The van der Waals surface area contributed by atoms with Crippen LogP contribution in [0.5, 0.6) is 5.75 Å². The van der Waals surface area contributed by atoms with Gasteiger partial charge >= 0.3 is 5.97 Å². The van der Waals surface area contributed by atoms with Gasteiger partial charge in [-0.25, -0.2) is 9.78 Å². The minimum Gasteiger partial charge on any atom is -0.497 e. The summed E-state index contributed by atoms with van der Waals surface area (Å²) in [4.78, 5) is 41.9. The quantitative estimate of drug-likeness (QED) is 0.636. The van der Waals surface area contributed by atoms with Gasteiger partial charge in [0.05, 0.1) is 23.6 Å². The van der Waals surface area contributed by atoms with E-state index >= 15 is 0 Å². The van der Waals surface area contributed by atoms with Gasteiger partial charge in [0.15, 0.2) is 6.61 Å². The first-order chi connectivity index (χ1) is 15.0. The van der Waals surface area contributed by atoms with Crippen LogP contribution in [0, 0.1) is 0 Å². The molecule has 8 nitrogen and oxygen atoms in total. The Bertz CT molecular complexity index is 1180. The zero-order valence-electron chi connectivity index (χ0n) is 17.2. The third kappa shape index (κ3) is 4.58. The van der Waals surface area contributed by atoms with E-state index in [1.54, 1.807) is 48.1 Å². The first-order valence-corrected chi connectivity index (χ1v) is 10.2. The van der Waals surface area contributed by atoms with Crippen molar-refractivity contribution in [3.05, 3.63) is 64.2 Å². The molecule has 2 aromatic carbocycles. The summed E-state index contributed by atoms with van der Waals surface area (Å²) in [6.45, 7) is 0.243. The number of benzene rings is 2. The molecule has 0 unspecified atom stereocenters. The second-order valence-corrected chi connectivity index (χ2v) is 7.38. The molecule has 0 saturated carbocycles. The van der Waals surface area contributed by atoms with Crippen molar-refractivity contribution < 1.29 is 19.1 Å². The van der Waals surface area contributed by atoms with Crippen LogP contribution < -0.4 is 15.6 Å². The molecule has 31 heavy (non-hydrogen) atoms. The maximum absolute atomic E-state index is 12.8. The first kappa shape index (κ1) is 20.6. The van der Waals surface area contributed by atoms with Crippen molar-refractivity contribution in [2.24, 2.45) is 0 Å². The lowest BCUT2D eigenvalue weighted by Crippen LogP contribution is -2.25. The Morgan fingerprint density at radius 2 is 1.90 bits per heavy atom. The highest BCUT2D eigenvalue weighted by molar-refractivity contribution is 5.97. The molecule has 1 amide bonds. The third-order valence-electron chi connectivity index (χ3n) is 5.26. The van der Waals surface area contributed by atoms with Gasteiger partial charge in [-0.3, -0.25) is 14.2 Å². The lowest BCUT2D eigenvalue weighted by molar-refractivity contribution is -0.119. The van der Waals surface area contributed by atoms with Crippen LogP contribution >= 0.6 is 0 Å². The second-order valence-electron chi connectivity index (χ2n) is 7.38. The SMILES string of the molecule is COc1ccc(NC(=O)COC(=O)c2ccc3c(=O)n4c(nc3c2)CCCCC4)cc1. The largest absolute Gasteiger partial charge is 0.497 e. The van der Waals surface area contributed by atoms with Gasteiger partial charge in [-0.05, 0) is 55.3 Å². The number of nitrogens with one attached hydrogen (secondary N) is 1. The molecule has 1 aliphatic heterocycles. The normalized spacial score (nSPS) is 13.2. The fourth-order valence-electron chi connectivity index (χ4n) is 3.63. The van der Waals surface area contributed by atoms with Crippen LogP contribution in [0.15, 0.2) is 47.3 Å². The highest BCUT2D eigenvalue weighted by Crippen LogP contribution is 2.17. The molecule has 0 radical (unpaired) electrons. The van der Waals surface area contributed by atoms with Gasteiger partial charge in [-0.1, -0.05) is 6.42 Å². The average molecular weight is 421 g/mol. The molecular formula is C23H23N3O5. The minimum absolute atomic E-state index is 0.0827. The Kier molecular flexibility index (Phi) is 5.97. The van der Waals surface area contributed by atoms with Crippen LogP contribution in [0.25, 0.3) is 10.9 Å². The van der Waals surface area contributed by atoms with E-state index in [1.807, 2.05) is 0 Å². The maximum atomic E-state index is 12.8. The topological polar surface area (TPSA) is 99.5 Å². The summed E-state index contributed by atoms with van der Waals surface area (Å²) in [7, 11) is 1.56. The summed E-state index contributed by atoms with van der Waals surface area (Å²) in [5, 5.41) is 3.12. The number of aryl methyl sites for hydroxylation is 1. The number of carbonyl (C=O) groups excluding carboxylic acids is 2. The van der Waals surface area contributed by atoms with Crippen molar-refractivity contribution in [3.63, 3.8) is 0 Å². The lowest BCUT2D eigenvalue weighted by Gasteiger charge is -2.11. The number of carbonyl (C=O) groups is 2. The smallest absolute Gasteiger partial charge is 0.338 e. The van der Waals surface area contributed by atoms with Crippen molar-refractivity contribution in [2.75, 3.05) is 19.0 Å². The fourth-order valence-corrected chi connectivity index (χ4v) is 3.63. The van der Waals surface area contributed by atoms with E-state index in [9.17, 15) is 14.4 Å². The molecular weight excluding hydrogens is 398 g/mol. The summed E-state index contributed by atoms with van der Waals surface area (Å²) in [5.41, 5.74) is 1.20. The van der Waals surface area contributed by atoms with Gasteiger partial charge in [0.25, 0.3) is 11.5 Å². The summed E-state index contributed by atoms with van der Waals surface area (Å²) in [5.74, 6) is 0.315. The third-order valence-corrected chi connectivity index (χ3v) is 5.26. The molecule has 8 heteroatoms. The Hall–Kier alpha value is -3.68. The molecule has 160 valence electrons. The Labute approximate surface area is 178 Å². The molecule has 1 aromatic heterocycles. The zero-order valence-corrected chi connectivity index (χ0v) is 17.2. The maximum Gasteiger partial charge on any atom is 0.338 e. The molecule has 0 saturated heterocycles. The monoisotopic (exact) mass is 421 g/mol. The summed E-state index contributed by atoms with van der Waals surface area (Å²) < 4.78 is 11.9. The van der Waals surface area contributed by atoms with Crippen molar-refractivity contribution in [3.8, 4) is 5.75 Å². The van der Waals surface area contributed by atoms with Crippen LogP contribution in [-0.2, 0) is 22.5 Å². The molecule has 0 aliphatic carbocycles. The van der Waals surface area contributed by atoms with E-state index in [-0.39, 0.29) is 11.1 Å². The zero-order chi connectivity index (χ0) is 21.8. The molecule has 1 aliphatic rings. The van der Waals surface area contributed by atoms with Crippen molar-refractivity contribution in [2.45, 2.75) is 32.2 Å². The average Bonchev–Trinajstić information content (AvgIpc) is 3.03. The van der Waals surface area contributed by atoms with Gasteiger partial charge in [0.2, 0.25) is 0 Å². The molecule has 1 N–H and O–H groups in total. The highest BCUT2D eigenvalue weighted by Gasteiger charge is 2.16. The standard InChI is InChI=1S/C23H23N3O5/c1-30-17-9-7-16(8-10-17)24-21(27)14-31-23(29)15-6-11-18-19(13-15)25-20-5-3-2-4-12-26(20)22(18)28/h6-11,13H,2-5,12,14H2,1H3,(H,24,27). The molecule has 0 bridgehead atoms. The molecule has 4 rings (SSSR count). The van der Waals surface area contributed by atoms with Crippen LogP contribution in [-0.4, -0.2) is 35.1 Å². The predicted octanol–water partition coefficient (Wildman–Crippen LogP) is 2.93. The van der Waals surface area contributed by atoms with E-state index in [0.29, 0.717) is 28.9 Å². The fraction of sp³-hybridized carbons (Fsp3) is 0.304. The summed E-state index contributed by atoms with van der Waals surface area (Å²) in [6.07, 6.45) is 3.76. The van der Waals surface area contributed by atoms with Crippen LogP contribution in [0.3, 0.4) is 0 Å². The van der Waals surface area contributed by atoms with E-state index in [1.165, 1.54) is 6.07 Å². The Balaban J connectivity index is 1.44. The molecule has 0 fully saturated rings. The van der Waals surface area contributed by atoms with Gasteiger partial charge in [-0.15, -0.1) is 0 Å². The van der Waals surface area contributed by atoms with E-state index < -0.39 is 18.5 Å². The van der Waals surface area contributed by atoms with Crippen molar-refractivity contribution in [1.29, 1.82) is 0 Å². The van der Waals surface area contributed by atoms with E-state index in [0.717, 1.165) is 31.5 Å². The van der Waals surface area contributed by atoms with Crippen molar-refractivity contribution in [1.82, 2.24) is 9.55 Å². The van der Waals surface area contributed by atoms with E-state index in [2.05, 4.69) is 10.3 Å². The number of hydrogen-bond acceptors (Lipinski definition) is 6. The minimum atomic E-state index is -0.649. The van der Waals surface area contributed by atoms with Crippen LogP contribution in [0.1, 0.15) is 35.4 Å². The number of amides is 1. The second kappa shape index (κ2) is 8.99. The predicted molar refractivity (Wildman–Crippen MR) is 115 cm³/mol. The Morgan fingerprint density at radius 1 is 1.10 bits per heavy atom. The van der Waals surface area contributed by atoms with Gasteiger partial charge in [0.1, 0.15) is 11.6 Å². The number of ether oxygens (including phenoxy) is 2. The molecule has 3 aromatic rings. The number of fused-ring (bicyclic) bond motifs is 2. The molecule has 0 atom stereocenters. The molecule has 0 spiro atoms. The Morgan fingerprint density at radius 3 is 2.68 bits per heavy atom. The van der Waals surface area contributed by atoms with Gasteiger partial charge in [0, 0.05) is 18.7 Å². The lowest BCUT2D eigenvalue weighted by atomic mass is 10.1. The van der Waals surface area contributed by atoms with Crippen LogP contribution in [0.2, 0.25) is 0 Å².